The van der Waals surface area contributed by atoms with Gasteiger partial charge in [0.25, 0.3) is 0 Å². The lowest BCUT2D eigenvalue weighted by molar-refractivity contribution is -0.119. The molecule has 2 aliphatic heterocycles. The molecule has 2 fully saturated rings. The monoisotopic (exact) mass is 702 g/mol. The zero-order valence-corrected chi connectivity index (χ0v) is 28.1. The lowest BCUT2D eigenvalue weighted by Gasteiger charge is -2.40. The average molecular weight is 703 g/mol. The lowest BCUT2D eigenvalue weighted by atomic mass is 9.76. The molecule has 2 saturated heterocycles. The molecular weight excluding hydrogens is 661 g/mol. The van der Waals surface area contributed by atoms with Gasteiger partial charge in [-0.25, -0.2) is 26.4 Å². The first-order chi connectivity index (χ1) is 23.5. The van der Waals surface area contributed by atoms with Crippen molar-refractivity contribution in [3.8, 4) is 0 Å². The zero-order valence-electron chi connectivity index (χ0n) is 27.3. The van der Waals surface area contributed by atoms with E-state index in [0.29, 0.717) is 44.7 Å². The summed E-state index contributed by atoms with van der Waals surface area (Å²) in [4.78, 5) is 26.9. The Balaban J connectivity index is 1.43. The van der Waals surface area contributed by atoms with Gasteiger partial charge in [-0.3, -0.25) is 4.79 Å². The highest BCUT2D eigenvalue weighted by Gasteiger charge is 2.40. The highest BCUT2D eigenvalue weighted by Crippen LogP contribution is 2.37. The number of ether oxygens (including phenoxy) is 2. The van der Waals surface area contributed by atoms with Crippen LogP contribution in [0.1, 0.15) is 43.2 Å². The fraction of sp³-hybridized carbons (Fsp3) is 0.429. The third-order valence-corrected chi connectivity index (χ3v) is 11.3. The van der Waals surface area contributed by atoms with E-state index in [1.54, 1.807) is 30.3 Å². The smallest absolute Gasteiger partial charge is 0.407 e. The van der Waals surface area contributed by atoms with Gasteiger partial charge in [-0.05, 0) is 80.5 Å². The third kappa shape index (κ3) is 8.43. The van der Waals surface area contributed by atoms with Crippen molar-refractivity contribution in [1.82, 2.24) is 14.9 Å². The fourth-order valence-corrected chi connectivity index (χ4v) is 8.73. The number of carbonyl (C=O) groups excluding carboxylic acids is 2. The second kappa shape index (κ2) is 16.2. The topological polar surface area (TPSA) is 126 Å². The summed E-state index contributed by atoms with van der Waals surface area (Å²) >= 11 is 0. The molecule has 0 aromatic heterocycles. The molecular formula is C35H41F3N4O6S. The highest BCUT2D eigenvalue weighted by molar-refractivity contribution is 7.89. The molecule has 0 saturated carbocycles. The summed E-state index contributed by atoms with van der Waals surface area (Å²) in [5, 5.41) is 8.60. The standard InChI is InChI=1S/C35H41F3N4O6S/c1-22-20-39-21-25(42(22)49(45,46)26-7-4-3-5-8-26)12-13-27-28(36)9-6-10-31(27)40-34(43)33(41-35(44)47-2)32(23-15-17-48-18-16-23)24-11-14-29(37)30(38)19-24/h3-11,14,19,22-23,25,32-33,39H,12-13,15-18,20-21H2,1-2H3,(H,40,43)(H,41,44)/t22-,25?,32+,33-/m0/s1. The average Bonchev–Trinajstić information content (AvgIpc) is 3.09. The Hall–Kier alpha value is -3.98. The van der Waals surface area contributed by atoms with Crippen LogP contribution in [0.25, 0.3) is 0 Å². The van der Waals surface area contributed by atoms with Crippen LogP contribution >= 0.6 is 0 Å². The van der Waals surface area contributed by atoms with Crippen molar-refractivity contribution in [1.29, 1.82) is 0 Å². The van der Waals surface area contributed by atoms with Crippen molar-refractivity contribution < 1.29 is 40.7 Å². The van der Waals surface area contributed by atoms with Crippen LogP contribution in [0.4, 0.5) is 23.7 Å². The highest BCUT2D eigenvalue weighted by atomic mass is 32.2. The predicted molar refractivity (Wildman–Crippen MR) is 177 cm³/mol. The number of hydrogen-bond acceptors (Lipinski definition) is 7. The fourth-order valence-electron chi connectivity index (χ4n) is 6.86. The molecule has 2 heterocycles. The zero-order chi connectivity index (χ0) is 35.1. The number of anilines is 1. The number of sulfonamides is 1. The van der Waals surface area contributed by atoms with Gasteiger partial charge in [0.1, 0.15) is 11.9 Å². The Morgan fingerprint density at radius 3 is 2.41 bits per heavy atom. The number of carbonyl (C=O) groups is 2. The van der Waals surface area contributed by atoms with Crippen molar-refractivity contribution in [2.75, 3.05) is 38.7 Å². The van der Waals surface area contributed by atoms with Crippen LogP contribution in [-0.2, 0) is 30.7 Å². The van der Waals surface area contributed by atoms with E-state index in [9.17, 15) is 26.8 Å². The van der Waals surface area contributed by atoms with Gasteiger partial charge >= 0.3 is 6.09 Å². The second-order valence-corrected chi connectivity index (χ2v) is 14.2. The maximum Gasteiger partial charge on any atom is 0.407 e. The molecule has 2 aliphatic rings. The number of hydrogen-bond donors (Lipinski definition) is 3. The summed E-state index contributed by atoms with van der Waals surface area (Å²) in [5.74, 6) is -4.57. The van der Waals surface area contributed by atoms with E-state index in [4.69, 9.17) is 9.47 Å². The molecule has 3 aromatic carbocycles. The molecule has 0 radical (unpaired) electrons. The molecule has 3 aromatic rings. The Labute approximate surface area is 284 Å². The van der Waals surface area contributed by atoms with E-state index in [1.807, 2.05) is 6.92 Å². The SMILES string of the molecule is COC(=O)N[C@H](C(=O)Nc1cccc(F)c1CCC1CNC[C@H](C)N1S(=O)(=O)c1ccccc1)[C@@H](c1ccc(F)c(F)c1)C1CCOCC1. The number of rotatable bonds is 11. The van der Waals surface area contributed by atoms with Crippen LogP contribution in [0, 0.1) is 23.4 Å². The summed E-state index contributed by atoms with van der Waals surface area (Å²) in [6.45, 7) is 3.35. The number of halogens is 3. The van der Waals surface area contributed by atoms with Crippen LogP contribution in [0.2, 0.25) is 0 Å². The van der Waals surface area contributed by atoms with Crippen LogP contribution in [-0.4, -0.2) is 76.3 Å². The van der Waals surface area contributed by atoms with Crippen molar-refractivity contribution in [3.05, 3.63) is 95.3 Å². The second-order valence-electron chi connectivity index (χ2n) is 12.4. The van der Waals surface area contributed by atoms with Gasteiger partial charge in [0.2, 0.25) is 15.9 Å². The first-order valence-electron chi connectivity index (χ1n) is 16.3. The van der Waals surface area contributed by atoms with Crippen molar-refractivity contribution in [2.45, 2.75) is 61.5 Å². The summed E-state index contributed by atoms with van der Waals surface area (Å²) in [6, 6.07) is 13.5. The van der Waals surface area contributed by atoms with E-state index in [-0.39, 0.29) is 40.9 Å². The van der Waals surface area contributed by atoms with Gasteiger partial charge in [0.05, 0.1) is 12.0 Å². The molecule has 2 amide bonds. The minimum Gasteiger partial charge on any atom is -0.453 e. The number of methoxy groups -OCH3 is 1. The number of piperazine rings is 1. The minimum atomic E-state index is -3.86. The molecule has 4 atom stereocenters. The van der Waals surface area contributed by atoms with Gasteiger partial charge in [-0.1, -0.05) is 30.3 Å². The van der Waals surface area contributed by atoms with Crippen LogP contribution in [0.5, 0.6) is 0 Å². The van der Waals surface area contributed by atoms with Crippen molar-refractivity contribution in [2.24, 2.45) is 5.92 Å². The molecule has 264 valence electrons. The van der Waals surface area contributed by atoms with Crippen molar-refractivity contribution in [3.63, 3.8) is 0 Å². The largest absolute Gasteiger partial charge is 0.453 e. The van der Waals surface area contributed by atoms with E-state index in [1.165, 1.54) is 28.6 Å². The van der Waals surface area contributed by atoms with Gasteiger partial charge in [-0.2, -0.15) is 4.31 Å². The minimum absolute atomic E-state index is 0.0732. The quantitative estimate of drug-likeness (QED) is 0.258. The maximum atomic E-state index is 15.5. The molecule has 49 heavy (non-hydrogen) atoms. The van der Waals surface area contributed by atoms with Gasteiger partial charge in [0.15, 0.2) is 11.6 Å². The predicted octanol–water partition coefficient (Wildman–Crippen LogP) is 4.96. The molecule has 1 unspecified atom stereocenters. The first-order valence-corrected chi connectivity index (χ1v) is 17.7. The molecule has 0 aliphatic carbocycles. The molecule has 10 nitrogen and oxygen atoms in total. The van der Waals surface area contributed by atoms with E-state index < -0.39 is 57.5 Å². The van der Waals surface area contributed by atoms with E-state index in [0.717, 1.165) is 19.2 Å². The molecule has 5 rings (SSSR count). The normalized spacial score (nSPS) is 20.3. The lowest BCUT2D eigenvalue weighted by Crippen LogP contribution is -2.58. The number of alkyl carbamates (subject to hydrolysis) is 1. The molecule has 0 bridgehead atoms. The van der Waals surface area contributed by atoms with Crippen LogP contribution in [0.15, 0.2) is 71.6 Å². The number of nitrogens with one attached hydrogen (secondary N) is 3. The Kier molecular flexibility index (Phi) is 12.0. The van der Waals surface area contributed by atoms with E-state index >= 15 is 4.39 Å². The molecule has 14 heteroatoms. The number of benzene rings is 3. The van der Waals surface area contributed by atoms with Gasteiger partial charge < -0.3 is 25.4 Å². The van der Waals surface area contributed by atoms with Gasteiger partial charge in [-0.15, -0.1) is 0 Å². The molecule has 0 spiro atoms. The Bertz CT molecular complexity index is 1730. The third-order valence-electron chi connectivity index (χ3n) is 9.24. The summed E-state index contributed by atoms with van der Waals surface area (Å²) in [7, 11) is -2.73. The Morgan fingerprint density at radius 1 is 0.980 bits per heavy atom. The van der Waals surface area contributed by atoms with Crippen molar-refractivity contribution >= 4 is 27.7 Å². The van der Waals surface area contributed by atoms with Crippen LogP contribution in [0.3, 0.4) is 0 Å². The summed E-state index contributed by atoms with van der Waals surface area (Å²) < 4.78 is 83.2. The Morgan fingerprint density at radius 2 is 1.71 bits per heavy atom. The summed E-state index contributed by atoms with van der Waals surface area (Å²) in [6.07, 6.45) is 0.355. The summed E-state index contributed by atoms with van der Waals surface area (Å²) in [5.41, 5.74) is 0.575. The maximum absolute atomic E-state index is 15.5. The first kappa shape index (κ1) is 36.3. The number of amides is 2. The van der Waals surface area contributed by atoms with E-state index in [2.05, 4.69) is 16.0 Å². The molecule has 3 N–H and O–H groups in total. The van der Waals surface area contributed by atoms with Crippen LogP contribution < -0.4 is 16.0 Å². The number of nitrogens with zero attached hydrogens (tertiary/aromatic N) is 1. The van der Waals surface area contributed by atoms with Gasteiger partial charge in [0, 0.05) is 55.6 Å².